The Morgan fingerprint density at radius 3 is 2.30 bits per heavy atom. The summed E-state index contributed by atoms with van der Waals surface area (Å²) in [4.78, 5) is 26.7. The fourth-order valence-corrected chi connectivity index (χ4v) is 2.49. The third kappa shape index (κ3) is 5.00. The number of carboxylic acid groups (broad SMARTS) is 1. The van der Waals surface area contributed by atoms with Gasteiger partial charge in [0.2, 0.25) is 0 Å². The summed E-state index contributed by atoms with van der Waals surface area (Å²) in [6.07, 6.45) is 0.646. The molecular formula is C14H26N2O4. The molecule has 0 aromatic rings. The van der Waals surface area contributed by atoms with Crippen LogP contribution in [-0.4, -0.2) is 64.8 Å². The van der Waals surface area contributed by atoms with Gasteiger partial charge < -0.3 is 19.6 Å². The van der Waals surface area contributed by atoms with Crippen LogP contribution in [0, 0.1) is 0 Å². The lowest BCUT2D eigenvalue weighted by Crippen LogP contribution is -2.54. The number of nitrogens with zero attached hydrogens (tertiary/aromatic N) is 2. The first kappa shape index (κ1) is 16.8. The fourth-order valence-electron chi connectivity index (χ4n) is 2.49. The summed E-state index contributed by atoms with van der Waals surface area (Å²) in [7, 11) is 0. The van der Waals surface area contributed by atoms with Crippen molar-refractivity contribution >= 4 is 12.0 Å². The van der Waals surface area contributed by atoms with Gasteiger partial charge in [-0.2, -0.15) is 0 Å². The van der Waals surface area contributed by atoms with Crippen molar-refractivity contribution in [2.24, 2.45) is 0 Å². The first-order valence-corrected chi connectivity index (χ1v) is 7.24. The van der Waals surface area contributed by atoms with Gasteiger partial charge in [-0.05, 0) is 34.1 Å². The summed E-state index contributed by atoms with van der Waals surface area (Å²) >= 11 is 0. The maximum Gasteiger partial charge on any atom is 0.320 e. The van der Waals surface area contributed by atoms with Crippen LogP contribution in [-0.2, 0) is 9.53 Å². The van der Waals surface area contributed by atoms with Gasteiger partial charge in [-0.3, -0.25) is 4.79 Å². The predicted octanol–water partition coefficient (Wildman–Crippen LogP) is 1.79. The quantitative estimate of drug-likeness (QED) is 0.836. The van der Waals surface area contributed by atoms with Crippen molar-refractivity contribution in [1.29, 1.82) is 0 Å². The van der Waals surface area contributed by atoms with Gasteiger partial charge in [0, 0.05) is 32.1 Å². The first-order chi connectivity index (χ1) is 9.31. The number of urea groups is 1. The lowest BCUT2D eigenvalue weighted by atomic mass is 10.2. The maximum absolute atomic E-state index is 12.6. The van der Waals surface area contributed by atoms with Crippen LogP contribution in [0.1, 0.15) is 40.5 Å². The van der Waals surface area contributed by atoms with E-state index in [1.807, 2.05) is 27.7 Å². The number of hydrogen-bond donors (Lipinski definition) is 1. The zero-order valence-electron chi connectivity index (χ0n) is 12.8. The first-order valence-electron chi connectivity index (χ1n) is 7.24. The predicted molar refractivity (Wildman–Crippen MR) is 75.7 cm³/mol. The minimum atomic E-state index is -0.824. The molecule has 0 aliphatic carbocycles. The molecular weight excluding hydrogens is 260 g/mol. The number of aliphatic carboxylic acids is 1. The van der Waals surface area contributed by atoms with Crippen LogP contribution in [0.15, 0.2) is 0 Å². The van der Waals surface area contributed by atoms with Gasteiger partial charge in [-0.1, -0.05) is 0 Å². The zero-order chi connectivity index (χ0) is 15.3. The molecule has 0 spiro atoms. The van der Waals surface area contributed by atoms with Crippen molar-refractivity contribution in [3.05, 3.63) is 0 Å². The Morgan fingerprint density at radius 2 is 1.85 bits per heavy atom. The monoisotopic (exact) mass is 286 g/mol. The smallest absolute Gasteiger partial charge is 0.320 e. The van der Waals surface area contributed by atoms with Crippen LogP contribution in [0.2, 0.25) is 0 Å². The molecule has 0 aromatic heterocycles. The Morgan fingerprint density at radius 1 is 1.30 bits per heavy atom. The second-order valence-electron chi connectivity index (χ2n) is 5.73. The lowest BCUT2D eigenvalue weighted by Gasteiger charge is -2.39. The van der Waals surface area contributed by atoms with Gasteiger partial charge in [0.1, 0.15) is 0 Å². The van der Waals surface area contributed by atoms with Crippen molar-refractivity contribution < 1.29 is 19.4 Å². The minimum Gasteiger partial charge on any atom is -0.481 e. The third-order valence-corrected chi connectivity index (χ3v) is 3.35. The Hall–Kier alpha value is -1.30. The van der Waals surface area contributed by atoms with Crippen molar-refractivity contribution in [1.82, 2.24) is 9.80 Å². The highest BCUT2D eigenvalue weighted by atomic mass is 16.5. The summed E-state index contributed by atoms with van der Waals surface area (Å²) in [5, 5.41) is 8.69. The number of morpholine rings is 1. The van der Waals surface area contributed by atoms with E-state index in [9.17, 15) is 9.59 Å². The van der Waals surface area contributed by atoms with E-state index >= 15 is 0 Å². The Labute approximate surface area is 120 Å². The summed E-state index contributed by atoms with van der Waals surface area (Å²) in [6.45, 7) is 9.47. The molecule has 1 heterocycles. The van der Waals surface area contributed by atoms with Gasteiger partial charge >= 0.3 is 12.0 Å². The highest BCUT2D eigenvalue weighted by Gasteiger charge is 2.29. The molecule has 0 bridgehead atoms. The molecule has 0 aromatic carbocycles. The van der Waals surface area contributed by atoms with Crippen molar-refractivity contribution in [3.63, 3.8) is 0 Å². The standard InChI is InChI=1S/C14H26N2O4/c1-10(2)16(7-5-6-13(17)18)14(19)15-8-11(3)20-12(4)9-15/h10-12H,5-9H2,1-4H3,(H,17,18). The highest BCUT2D eigenvalue weighted by molar-refractivity contribution is 5.75. The summed E-state index contributed by atoms with van der Waals surface area (Å²) in [5.74, 6) is -0.824. The molecule has 0 radical (unpaired) electrons. The number of carboxylic acids is 1. The molecule has 1 rings (SSSR count). The van der Waals surface area contributed by atoms with Crippen LogP contribution in [0.25, 0.3) is 0 Å². The molecule has 1 saturated heterocycles. The number of hydrogen-bond acceptors (Lipinski definition) is 3. The molecule has 116 valence electrons. The molecule has 2 unspecified atom stereocenters. The normalized spacial score (nSPS) is 22.9. The molecule has 2 atom stereocenters. The number of ether oxygens (including phenoxy) is 1. The Bertz CT molecular complexity index is 336. The van der Waals surface area contributed by atoms with Crippen LogP contribution in [0.3, 0.4) is 0 Å². The van der Waals surface area contributed by atoms with Gasteiger partial charge in [-0.25, -0.2) is 4.79 Å². The number of rotatable bonds is 5. The number of carbonyl (C=O) groups is 2. The fraction of sp³-hybridized carbons (Fsp3) is 0.857. The average Bonchev–Trinajstić information content (AvgIpc) is 2.31. The molecule has 1 aliphatic heterocycles. The lowest BCUT2D eigenvalue weighted by molar-refractivity contribution is -0.137. The van der Waals surface area contributed by atoms with E-state index in [2.05, 4.69) is 0 Å². The average molecular weight is 286 g/mol. The Kier molecular flexibility index (Phi) is 6.26. The summed E-state index contributed by atoms with van der Waals surface area (Å²) in [6, 6.07) is 0.0390. The SMILES string of the molecule is CC1CN(C(=O)N(CCCC(=O)O)C(C)C)CC(C)O1. The van der Waals surface area contributed by atoms with E-state index in [1.54, 1.807) is 9.80 Å². The van der Waals surface area contributed by atoms with Crippen molar-refractivity contribution in [3.8, 4) is 0 Å². The molecule has 6 nitrogen and oxygen atoms in total. The molecule has 0 saturated carbocycles. The van der Waals surface area contributed by atoms with E-state index in [0.717, 1.165) is 0 Å². The van der Waals surface area contributed by atoms with Gasteiger partial charge in [0.05, 0.1) is 12.2 Å². The largest absolute Gasteiger partial charge is 0.481 e. The van der Waals surface area contributed by atoms with Crippen LogP contribution in [0.4, 0.5) is 4.79 Å². The molecule has 1 fully saturated rings. The van der Waals surface area contributed by atoms with E-state index in [-0.39, 0.29) is 30.7 Å². The van der Waals surface area contributed by atoms with E-state index < -0.39 is 5.97 Å². The van der Waals surface area contributed by atoms with Gasteiger partial charge in [-0.15, -0.1) is 0 Å². The number of carbonyl (C=O) groups excluding carboxylic acids is 1. The summed E-state index contributed by atoms with van der Waals surface area (Å²) in [5.41, 5.74) is 0. The second kappa shape index (κ2) is 7.47. The maximum atomic E-state index is 12.6. The Balaban J connectivity index is 2.61. The highest BCUT2D eigenvalue weighted by Crippen LogP contribution is 2.14. The van der Waals surface area contributed by atoms with E-state index in [4.69, 9.17) is 9.84 Å². The van der Waals surface area contributed by atoms with E-state index in [1.165, 1.54) is 0 Å². The molecule has 1 aliphatic rings. The second-order valence-corrected chi connectivity index (χ2v) is 5.73. The van der Waals surface area contributed by atoms with Gasteiger partial charge in [0.15, 0.2) is 0 Å². The summed E-state index contributed by atoms with van der Waals surface area (Å²) < 4.78 is 5.63. The van der Waals surface area contributed by atoms with E-state index in [0.29, 0.717) is 26.1 Å². The molecule has 6 heteroatoms. The zero-order valence-corrected chi connectivity index (χ0v) is 12.8. The topological polar surface area (TPSA) is 70.1 Å². The third-order valence-electron chi connectivity index (χ3n) is 3.35. The molecule has 2 amide bonds. The van der Waals surface area contributed by atoms with Crippen molar-refractivity contribution in [2.45, 2.75) is 58.8 Å². The molecule has 1 N–H and O–H groups in total. The van der Waals surface area contributed by atoms with Crippen LogP contribution >= 0.6 is 0 Å². The number of amides is 2. The van der Waals surface area contributed by atoms with Crippen molar-refractivity contribution in [2.75, 3.05) is 19.6 Å². The van der Waals surface area contributed by atoms with Crippen LogP contribution in [0.5, 0.6) is 0 Å². The van der Waals surface area contributed by atoms with Gasteiger partial charge in [0.25, 0.3) is 0 Å². The minimum absolute atomic E-state index is 0.0209. The van der Waals surface area contributed by atoms with Crippen LogP contribution < -0.4 is 0 Å². The molecule has 20 heavy (non-hydrogen) atoms.